The summed E-state index contributed by atoms with van der Waals surface area (Å²) in [6, 6.07) is 3.95. The van der Waals surface area contributed by atoms with Gasteiger partial charge in [-0.05, 0) is 31.6 Å². The van der Waals surface area contributed by atoms with Gasteiger partial charge in [0.1, 0.15) is 0 Å². The Balaban J connectivity index is 2.20. The van der Waals surface area contributed by atoms with Gasteiger partial charge in [0.2, 0.25) is 0 Å². The summed E-state index contributed by atoms with van der Waals surface area (Å²) in [4.78, 5) is 3.34. The van der Waals surface area contributed by atoms with Gasteiger partial charge in [0.25, 0.3) is 0 Å². The third-order valence-corrected chi connectivity index (χ3v) is 3.73. The topological polar surface area (TPSA) is 35.5 Å². The lowest BCUT2D eigenvalue weighted by molar-refractivity contribution is 0.121. The van der Waals surface area contributed by atoms with Gasteiger partial charge in [-0.2, -0.15) is 0 Å². The molecule has 0 aromatic carbocycles. The summed E-state index contributed by atoms with van der Waals surface area (Å²) in [7, 11) is 2.01. The van der Waals surface area contributed by atoms with Crippen LogP contribution in [0.1, 0.15) is 18.7 Å². The lowest BCUT2D eigenvalue weighted by atomic mass is 10.2. The van der Waals surface area contributed by atoms with Gasteiger partial charge in [0, 0.05) is 24.5 Å². The van der Waals surface area contributed by atoms with Crippen molar-refractivity contribution < 1.29 is 5.11 Å². The maximum Gasteiger partial charge on any atom is 0.0931 e. The Morgan fingerprint density at radius 2 is 2.11 bits per heavy atom. The Kier molecular flexibility index (Phi) is 7.19. The van der Waals surface area contributed by atoms with Crippen molar-refractivity contribution in [1.29, 1.82) is 0 Å². The maximum absolute atomic E-state index is 9.89. The van der Waals surface area contributed by atoms with Crippen LogP contribution in [0.25, 0.3) is 0 Å². The fraction of sp³-hybridized carbons (Fsp3) is 0.692. The van der Waals surface area contributed by atoms with Crippen molar-refractivity contribution >= 4 is 22.9 Å². The van der Waals surface area contributed by atoms with E-state index in [0.717, 1.165) is 17.4 Å². The SMILES string of the molecule is CC(C)CNCC(O)CN(C)Cc1ccc(Cl)s1. The number of hydrogen-bond acceptors (Lipinski definition) is 4. The monoisotopic (exact) mass is 290 g/mol. The summed E-state index contributed by atoms with van der Waals surface area (Å²) in [6.45, 7) is 7.41. The number of nitrogens with one attached hydrogen (secondary N) is 1. The third-order valence-electron chi connectivity index (χ3n) is 2.51. The summed E-state index contributed by atoms with van der Waals surface area (Å²) < 4.78 is 0.817. The van der Waals surface area contributed by atoms with E-state index in [1.165, 1.54) is 4.88 Å². The van der Waals surface area contributed by atoms with Crippen molar-refractivity contribution in [2.24, 2.45) is 5.92 Å². The normalized spacial score (nSPS) is 13.5. The van der Waals surface area contributed by atoms with E-state index in [0.29, 0.717) is 19.0 Å². The summed E-state index contributed by atoms with van der Waals surface area (Å²) in [5, 5.41) is 13.2. The minimum absolute atomic E-state index is 0.329. The number of aliphatic hydroxyl groups is 1. The molecule has 18 heavy (non-hydrogen) atoms. The minimum Gasteiger partial charge on any atom is -0.390 e. The number of nitrogens with zero attached hydrogens (tertiary/aromatic N) is 1. The standard InChI is InChI=1S/C13H23ClN2OS/c1-10(2)6-15-7-11(17)8-16(3)9-12-4-5-13(14)18-12/h4-5,10-11,15,17H,6-9H2,1-3H3. The van der Waals surface area contributed by atoms with Crippen molar-refractivity contribution in [2.75, 3.05) is 26.7 Å². The highest BCUT2D eigenvalue weighted by Gasteiger charge is 2.09. The van der Waals surface area contributed by atoms with Crippen LogP contribution in [-0.2, 0) is 6.54 Å². The van der Waals surface area contributed by atoms with Crippen molar-refractivity contribution in [1.82, 2.24) is 10.2 Å². The van der Waals surface area contributed by atoms with Crippen molar-refractivity contribution in [2.45, 2.75) is 26.5 Å². The quantitative estimate of drug-likeness (QED) is 0.772. The first-order valence-corrected chi connectivity index (χ1v) is 7.48. The number of aliphatic hydroxyl groups excluding tert-OH is 1. The summed E-state index contributed by atoms with van der Waals surface area (Å²) >= 11 is 7.48. The van der Waals surface area contributed by atoms with E-state index in [1.807, 2.05) is 19.2 Å². The predicted molar refractivity (Wildman–Crippen MR) is 79.4 cm³/mol. The van der Waals surface area contributed by atoms with Gasteiger partial charge in [0.05, 0.1) is 10.4 Å². The molecule has 3 nitrogen and oxygen atoms in total. The second-order valence-electron chi connectivity index (χ2n) is 5.11. The second-order valence-corrected chi connectivity index (χ2v) is 6.91. The van der Waals surface area contributed by atoms with Gasteiger partial charge in [-0.3, -0.25) is 4.90 Å². The molecule has 0 fully saturated rings. The Morgan fingerprint density at radius 1 is 1.39 bits per heavy atom. The average Bonchev–Trinajstić information content (AvgIpc) is 2.62. The van der Waals surface area contributed by atoms with E-state index in [1.54, 1.807) is 11.3 Å². The molecule has 104 valence electrons. The smallest absolute Gasteiger partial charge is 0.0931 e. The van der Waals surface area contributed by atoms with Crippen molar-refractivity contribution in [3.05, 3.63) is 21.3 Å². The highest BCUT2D eigenvalue weighted by molar-refractivity contribution is 7.16. The molecule has 0 amide bonds. The molecule has 1 atom stereocenters. The molecule has 1 rings (SSSR count). The molecule has 0 saturated carbocycles. The van der Waals surface area contributed by atoms with Crippen LogP contribution < -0.4 is 5.32 Å². The predicted octanol–water partition coefficient (Wildman–Crippen LogP) is 2.44. The number of rotatable bonds is 8. The first kappa shape index (κ1) is 15.9. The van der Waals surface area contributed by atoms with E-state index in [4.69, 9.17) is 11.6 Å². The molecule has 1 aromatic rings. The van der Waals surface area contributed by atoms with Crippen LogP contribution in [0.3, 0.4) is 0 Å². The minimum atomic E-state index is -0.329. The maximum atomic E-state index is 9.89. The Labute approximate surface area is 119 Å². The van der Waals surface area contributed by atoms with E-state index in [-0.39, 0.29) is 6.10 Å². The van der Waals surface area contributed by atoms with Crippen LogP contribution in [0.2, 0.25) is 4.34 Å². The van der Waals surface area contributed by atoms with Crippen LogP contribution in [0.4, 0.5) is 0 Å². The van der Waals surface area contributed by atoms with E-state index >= 15 is 0 Å². The molecule has 0 aliphatic carbocycles. The largest absolute Gasteiger partial charge is 0.390 e. The average molecular weight is 291 g/mol. The molecule has 5 heteroatoms. The first-order valence-electron chi connectivity index (χ1n) is 6.29. The number of hydrogen-bond donors (Lipinski definition) is 2. The fourth-order valence-electron chi connectivity index (χ4n) is 1.73. The van der Waals surface area contributed by atoms with E-state index < -0.39 is 0 Å². The molecular formula is C13H23ClN2OS. The lowest BCUT2D eigenvalue weighted by Gasteiger charge is -2.20. The van der Waals surface area contributed by atoms with Crippen molar-refractivity contribution in [3.63, 3.8) is 0 Å². The second kappa shape index (κ2) is 8.12. The molecule has 2 N–H and O–H groups in total. The zero-order chi connectivity index (χ0) is 13.5. The van der Waals surface area contributed by atoms with Gasteiger partial charge in [0.15, 0.2) is 0 Å². The Morgan fingerprint density at radius 3 is 2.67 bits per heavy atom. The molecule has 0 aliphatic rings. The van der Waals surface area contributed by atoms with Gasteiger partial charge >= 0.3 is 0 Å². The molecule has 1 unspecified atom stereocenters. The van der Waals surface area contributed by atoms with Crippen LogP contribution in [0, 0.1) is 5.92 Å². The molecule has 0 bridgehead atoms. The zero-order valence-corrected chi connectivity index (χ0v) is 12.9. The van der Waals surface area contributed by atoms with Gasteiger partial charge in [-0.25, -0.2) is 0 Å². The summed E-state index contributed by atoms with van der Waals surface area (Å²) in [6.07, 6.45) is -0.329. The van der Waals surface area contributed by atoms with Crippen LogP contribution in [0.15, 0.2) is 12.1 Å². The Hall–Kier alpha value is -0.130. The van der Waals surface area contributed by atoms with Crippen LogP contribution in [0.5, 0.6) is 0 Å². The molecule has 0 spiro atoms. The number of likely N-dealkylation sites (N-methyl/N-ethyl adjacent to an activating group) is 1. The molecule has 1 aromatic heterocycles. The molecule has 1 heterocycles. The van der Waals surface area contributed by atoms with Gasteiger partial charge in [-0.15, -0.1) is 11.3 Å². The van der Waals surface area contributed by atoms with E-state index in [9.17, 15) is 5.11 Å². The molecule has 0 radical (unpaired) electrons. The number of thiophene rings is 1. The molecule has 0 aliphatic heterocycles. The highest BCUT2D eigenvalue weighted by atomic mass is 35.5. The third kappa shape index (κ3) is 6.71. The van der Waals surface area contributed by atoms with Crippen LogP contribution >= 0.6 is 22.9 Å². The zero-order valence-electron chi connectivity index (χ0n) is 11.3. The number of halogens is 1. The lowest BCUT2D eigenvalue weighted by Crippen LogP contribution is -2.37. The van der Waals surface area contributed by atoms with E-state index in [2.05, 4.69) is 24.1 Å². The fourth-order valence-corrected chi connectivity index (χ4v) is 2.90. The van der Waals surface area contributed by atoms with Crippen LogP contribution in [-0.4, -0.2) is 42.8 Å². The molecular weight excluding hydrogens is 268 g/mol. The first-order chi connectivity index (χ1) is 8.47. The van der Waals surface area contributed by atoms with Gasteiger partial charge in [-0.1, -0.05) is 25.4 Å². The summed E-state index contributed by atoms with van der Waals surface area (Å²) in [5.41, 5.74) is 0. The van der Waals surface area contributed by atoms with Crippen molar-refractivity contribution in [3.8, 4) is 0 Å². The summed E-state index contributed by atoms with van der Waals surface area (Å²) in [5.74, 6) is 0.614. The van der Waals surface area contributed by atoms with Gasteiger partial charge < -0.3 is 10.4 Å². The molecule has 0 saturated heterocycles. The Bertz CT molecular complexity index is 343. The highest BCUT2D eigenvalue weighted by Crippen LogP contribution is 2.22.